The van der Waals surface area contributed by atoms with Crippen molar-refractivity contribution in [2.45, 2.75) is 39.3 Å². The van der Waals surface area contributed by atoms with E-state index in [2.05, 4.69) is 30.6 Å². The van der Waals surface area contributed by atoms with Gasteiger partial charge in [-0.1, -0.05) is 6.07 Å². The zero-order valence-corrected chi connectivity index (χ0v) is 12.9. The highest BCUT2D eigenvalue weighted by Crippen LogP contribution is 2.25. The smallest absolute Gasteiger partial charge is 0.146 e. The lowest BCUT2D eigenvalue weighted by atomic mass is 10.0. The van der Waals surface area contributed by atoms with E-state index in [1.54, 1.807) is 19.1 Å². The third kappa shape index (κ3) is 3.30. The molecule has 1 aliphatic rings. The Bertz CT molecular complexity index is 460. The number of hydrogen-bond donors (Lipinski definition) is 1. The van der Waals surface area contributed by atoms with Crippen molar-refractivity contribution in [3.63, 3.8) is 0 Å². The first-order valence-corrected chi connectivity index (χ1v) is 7.26. The molecule has 1 aromatic carbocycles. The minimum atomic E-state index is -0.628. The van der Waals surface area contributed by atoms with Gasteiger partial charge in [0.1, 0.15) is 5.82 Å². The summed E-state index contributed by atoms with van der Waals surface area (Å²) in [6.45, 7) is 11.8. The summed E-state index contributed by atoms with van der Waals surface area (Å²) in [5.41, 5.74) is 1.43. The van der Waals surface area contributed by atoms with Gasteiger partial charge in [-0.2, -0.15) is 0 Å². The normalized spacial score (nSPS) is 19.2. The van der Waals surface area contributed by atoms with Crippen LogP contribution in [0.15, 0.2) is 18.2 Å². The zero-order valence-electron chi connectivity index (χ0n) is 12.9. The molecule has 112 valence electrons. The molecule has 0 amide bonds. The van der Waals surface area contributed by atoms with Gasteiger partial charge in [0, 0.05) is 31.7 Å². The van der Waals surface area contributed by atoms with Gasteiger partial charge in [0.2, 0.25) is 0 Å². The Hall–Kier alpha value is -1.13. The van der Waals surface area contributed by atoms with E-state index in [0.29, 0.717) is 11.3 Å². The summed E-state index contributed by atoms with van der Waals surface area (Å²) in [5.74, 6) is -0.243. The van der Waals surface area contributed by atoms with Gasteiger partial charge in [-0.05, 0) is 45.4 Å². The lowest BCUT2D eigenvalue weighted by Gasteiger charge is -2.43. The monoisotopic (exact) mass is 280 g/mol. The van der Waals surface area contributed by atoms with Gasteiger partial charge in [-0.15, -0.1) is 0 Å². The summed E-state index contributed by atoms with van der Waals surface area (Å²) < 4.78 is 14.2. The van der Waals surface area contributed by atoms with E-state index in [1.165, 1.54) is 6.07 Å². The highest BCUT2D eigenvalue weighted by Gasteiger charge is 2.26. The third-order valence-corrected chi connectivity index (χ3v) is 4.02. The van der Waals surface area contributed by atoms with Crippen LogP contribution in [0.5, 0.6) is 0 Å². The van der Waals surface area contributed by atoms with E-state index in [1.807, 2.05) is 0 Å². The molecular weight excluding hydrogens is 255 g/mol. The first-order valence-electron chi connectivity index (χ1n) is 7.26. The van der Waals surface area contributed by atoms with Crippen LogP contribution in [-0.4, -0.2) is 41.7 Å². The van der Waals surface area contributed by atoms with Crippen molar-refractivity contribution in [3.05, 3.63) is 29.6 Å². The molecule has 1 aromatic rings. The predicted octanol–water partition coefficient (Wildman–Crippen LogP) is 2.80. The Morgan fingerprint density at radius 3 is 2.20 bits per heavy atom. The van der Waals surface area contributed by atoms with Crippen LogP contribution in [0.4, 0.5) is 10.1 Å². The van der Waals surface area contributed by atoms with Crippen molar-refractivity contribution in [2.75, 3.05) is 31.1 Å². The minimum Gasteiger partial charge on any atom is -0.389 e. The third-order valence-electron chi connectivity index (χ3n) is 4.02. The summed E-state index contributed by atoms with van der Waals surface area (Å²) >= 11 is 0. The molecule has 4 heteroatoms. The second-order valence-corrected chi connectivity index (χ2v) is 6.53. The summed E-state index contributed by atoms with van der Waals surface area (Å²) in [6.07, 6.45) is -0.628. The summed E-state index contributed by atoms with van der Waals surface area (Å²) in [7, 11) is 0. The van der Waals surface area contributed by atoms with Crippen LogP contribution in [-0.2, 0) is 0 Å². The van der Waals surface area contributed by atoms with Crippen molar-refractivity contribution < 1.29 is 9.50 Å². The second-order valence-electron chi connectivity index (χ2n) is 6.53. The molecule has 0 bridgehead atoms. The molecule has 1 heterocycles. The van der Waals surface area contributed by atoms with Gasteiger partial charge in [-0.25, -0.2) is 4.39 Å². The van der Waals surface area contributed by atoms with Crippen molar-refractivity contribution >= 4 is 5.69 Å². The van der Waals surface area contributed by atoms with E-state index in [4.69, 9.17) is 0 Å². The lowest BCUT2D eigenvalue weighted by Crippen LogP contribution is -2.53. The van der Waals surface area contributed by atoms with Crippen LogP contribution in [0.3, 0.4) is 0 Å². The van der Waals surface area contributed by atoms with Crippen LogP contribution in [0.2, 0.25) is 0 Å². The average molecular weight is 280 g/mol. The Balaban J connectivity index is 2.07. The van der Waals surface area contributed by atoms with Gasteiger partial charge >= 0.3 is 0 Å². The van der Waals surface area contributed by atoms with Crippen molar-refractivity contribution in [1.29, 1.82) is 0 Å². The highest BCUT2D eigenvalue weighted by atomic mass is 19.1. The second kappa shape index (κ2) is 5.70. The van der Waals surface area contributed by atoms with Gasteiger partial charge < -0.3 is 10.0 Å². The van der Waals surface area contributed by atoms with Gasteiger partial charge in [0.05, 0.1) is 11.8 Å². The maximum absolute atomic E-state index is 14.2. The van der Waals surface area contributed by atoms with Gasteiger partial charge in [0.15, 0.2) is 0 Å². The number of hydrogen-bond acceptors (Lipinski definition) is 3. The van der Waals surface area contributed by atoms with E-state index in [9.17, 15) is 9.50 Å². The molecule has 1 N–H and O–H groups in total. The number of rotatable bonds is 2. The Labute approximate surface area is 121 Å². The largest absolute Gasteiger partial charge is 0.389 e. The molecule has 1 atom stereocenters. The topological polar surface area (TPSA) is 26.7 Å². The molecule has 0 spiro atoms. The number of benzene rings is 1. The molecular formula is C16H25FN2O. The van der Waals surface area contributed by atoms with Crippen molar-refractivity contribution in [3.8, 4) is 0 Å². The van der Waals surface area contributed by atoms with Crippen LogP contribution >= 0.6 is 0 Å². The molecule has 0 unspecified atom stereocenters. The Kier molecular flexibility index (Phi) is 4.35. The Morgan fingerprint density at radius 1 is 1.15 bits per heavy atom. The van der Waals surface area contributed by atoms with E-state index < -0.39 is 6.10 Å². The first kappa shape index (κ1) is 15.3. The molecule has 20 heavy (non-hydrogen) atoms. The first-order chi connectivity index (χ1) is 9.29. The molecule has 1 aliphatic heterocycles. The number of anilines is 1. The van der Waals surface area contributed by atoms with Crippen LogP contribution in [0.25, 0.3) is 0 Å². The van der Waals surface area contributed by atoms with Gasteiger partial charge in [0.25, 0.3) is 0 Å². The maximum Gasteiger partial charge on any atom is 0.146 e. The number of nitrogens with zero attached hydrogens (tertiary/aromatic N) is 2. The quantitative estimate of drug-likeness (QED) is 0.902. The molecule has 0 saturated carbocycles. The van der Waals surface area contributed by atoms with E-state index in [-0.39, 0.29) is 11.4 Å². The molecule has 2 rings (SSSR count). The number of halogens is 1. The van der Waals surface area contributed by atoms with Crippen LogP contribution in [0.1, 0.15) is 39.4 Å². The van der Waals surface area contributed by atoms with Gasteiger partial charge in [-0.3, -0.25) is 4.90 Å². The van der Waals surface area contributed by atoms with E-state index >= 15 is 0 Å². The maximum atomic E-state index is 14.2. The Morgan fingerprint density at radius 2 is 1.75 bits per heavy atom. The number of aliphatic hydroxyl groups excluding tert-OH is 1. The molecule has 0 aromatic heterocycles. The summed E-state index contributed by atoms with van der Waals surface area (Å²) in [6, 6.07) is 5.03. The summed E-state index contributed by atoms with van der Waals surface area (Å²) in [4.78, 5) is 4.51. The fourth-order valence-corrected chi connectivity index (χ4v) is 2.66. The molecule has 0 radical (unpaired) electrons. The molecule has 3 nitrogen and oxygen atoms in total. The standard InChI is InChI=1S/C16H25FN2O/c1-12(20)13-5-6-15(14(17)11-13)18-7-9-19(10-8-18)16(2,3)4/h5-6,11-12,20H,7-10H2,1-4H3/t12-/m0/s1. The molecule has 0 aliphatic carbocycles. The fourth-order valence-electron chi connectivity index (χ4n) is 2.66. The van der Waals surface area contributed by atoms with E-state index in [0.717, 1.165) is 26.2 Å². The summed E-state index contributed by atoms with van der Waals surface area (Å²) in [5, 5.41) is 9.49. The van der Waals surface area contributed by atoms with Crippen molar-refractivity contribution in [1.82, 2.24) is 4.90 Å². The highest BCUT2D eigenvalue weighted by molar-refractivity contribution is 5.50. The average Bonchev–Trinajstić information content (AvgIpc) is 2.37. The fraction of sp³-hybridized carbons (Fsp3) is 0.625. The predicted molar refractivity (Wildman–Crippen MR) is 80.6 cm³/mol. The van der Waals surface area contributed by atoms with Crippen molar-refractivity contribution in [2.24, 2.45) is 0 Å². The zero-order chi connectivity index (χ0) is 14.9. The SMILES string of the molecule is C[C@H](O)c1ccc(N2CCN(C(C)(C)C)CC2)c(F)c1. The molecule has 1 saturated heterocycles. The lowest BCUT2D eigenvalue weighted by molar-refractivity contribution is 0.128. The van der Waals surface area contributed by atoms with Crippen LogP contribution in [0, 0.1) is 5.82 Å². The number of aliphatic hydroxyl groups is 1. The minimum absolute atomic E-state index is 0.167. The number of piperazine rings is 1. The van der Waals surface area contributed by atoms with Crippen LogP contribution < -0.4 is 4.90 Å². The molecule has 1 fully saturated rings.